The number of ketones is 1. The fraction of sp³-hybridized carbons (Fsp3) is 0.941. The molecule has 0 aromatic heterocycles. The zero-order valence-electron chi connectivity index (χ0n) is 13.6. The minimum atomic E-state index is 0.301. The summed E-state index contributed by atoms with van der Waals surface area (Å²) in [5.74, 6) is 1.60. The lowest BCUT2D eigenvalue weighted by molar-refractivity contribution is -0.126. The molecule has 3 unspecified atom stereocenters. The van der Waals surface area contributed by atoms with E-state index < -0.39 is 0 Å². The first-order valence-corrected chi connectivity index (χ1v) is 8.59. The van der Waals surface area contributed by atoms with Gasteiger partial charge in [0.2, 0.25) is 0 Å². The quantitative estimate of drug-likeness (QED) is 0.747. The first-order valence-electron chi connectivity index (χ1n) is 8.59. The van der Waals surface area contributed by atoms with E-state index in [1.165, 1.54) is 32.4 Å². The van der Waals surface area contributed by atoms with E-state index >= 15 is 0 Å². The highest BCUT2D eigenvalue weighted by molar-refractivity contribution is 5.81. The van der Waals surface area contributed by atoms with E-state index in [1.54, 1.807) is 0 Å². The van der Waals surface area contributed by atoms with Crippen molar-refractivity contribution in [1.29, 1.82) is 0 Å². The summed E-state index contributed by atoms with van der Waals surface area (Å²) in [5, 5.41) is 0. The molecule has 1 aliphatic carbocycles. The minimum Gasteiger partial charge on any atom is -0.304 e. The lowest BCUT2D eigenvalue weighted by atomic mass is 9.79. The van der Waals surface area contributed by atoms with Crippen LogP contribution < -0.4 is 0 Å². The average molecular weight is 280 g/mol. The van der Waals surface area contributed by atoms with Crippen molar-refractivity contribution in [2.24, 2.45) is 11.8 Å². The van der Waals surface area contributed by atoms with Crippen molar-refractivity contribution >= 4 is 5.78 Å². The second-order valence-corrected chi connectivity index (χ2v) is 6.86. The Labute approximate surface area is 124 Å². The molecule has 1 saturated carbocycles. The summed E-state index contributed by atoms with van der Waals surface area (Å²) < 4.78 is 0. The van der Waals surface area contributed by atoms with Gasteiger partial charge in [-0.3, -0.25) is 9.69 Å². The molecule has 0 spiro atoms. The second kappa shape index (κ2) is 7.56. The molecule has 2 aliphatic rings. The van der Waals surface area contributed by atoms with E-state index in [-0.39, 0.29) is 0 Å². The summed E-state index contributed by atoms with van der Waals surface area (Å²) in [4.78, 5) is 17.1. The predicted octanol–water partition coefficient (Wildman–Crippen LogP) is 2.80. The molecule has 2 rings (SSSR count). The van der Waals surface area contributed by atoms with E-state index in [0.29, 0.717) is 17.7 Å². The summed E-state index contributed by atoms with van der Waals surface area (Å²) in [6, 6.07) is 0.714. The monoisotopic (exact) mass is 280 g/mol. The third kappa shape index (κ3) is 4.05. The number of carbonyl (C=O) groups excluding carboxylic acids is 1. The molecule has 2 fully saturated rings. The molecule has 3 atom stereocenters. The molecule has 0 aromatic carbocycles. The van der Waals surface area contributed by atoms with Gasteiger partial charge in [0, 0.05) is 31.5 Å². The van der Waals surface area contributed by atoms with E-state index in [2.05, 4.69) is 30.7 Å². The van der Waals surface area contributed by atoms with Crippen LogP contribution >= 0.6 is 0 Å². The summed E-state index contributed by atoms with van der Waals surface area (Å²) in [6.07, 6.45) is 6.98. The maximum Gasteiger partial charge on any atom is 0.137 e. The van der Waals surface area contributed by atoms with Crippen molar-refractivity contribution in [3.63, 3.8) is 0 Å². The van der Waals surface area contributed by atoms with Crippen LogP contribution in [0.4, 0.5) is 0 Å². The Morgan fingerprint density at radius 1 is 1.25 bits per heavy atom. The molecule has 0 bridgehead atoms. The fourth-order valence-corrected chi connectivity index (χ4v) is 4.08. The molecule has 0 radical (unpaired) electrons. The van der Waals surface area contributed by atoms with Gasteiger partial charge in [-0.05, 0) is 51.7 Å². The number of hydrogen-bond donors (Lipinski definition) is 0. The smallest absolute Gasteiger partial charge is 0.137 e. The number of hydrogen-bond acceptors (Lipinski definition) is 3. The van der Waals surface area contributed by atoms with Gasteiger partial charge in [0.15, 0.2) is 0 Å². The number of nitrogens with zero attached hydrogens (tertiary/aromatic N) is 2. The Morgan fingerprint density at radius 2 is 2.05 bits per heavy atom. The molecule has 116 valence electrons. The number of carbonyl (C=O) groups is 1. The maximum absolute atomic E-state index is 12.1. The largest absolute Gasteiger partial charge is 0.304 e. The molecule has 0 N–H and O–H groups in total. The Bertz CT molecular complexity index is 318. The van der Waals surface area contributed by atoms with Gasteiger partial charge in [-0.2, -0.15) is 0 Å². The summed E-state index contributed by atoms with van der Waals surface area (Å²) in [7, 11) is 2.20. The van der Waals surface area contributed by atoms with Gasteiger partial charge < -0.3 is 4.90 Å². The molecule has 20 heavy (non-hydrogen) atoms. The van der Waals surface area contributed by atoms with Crippen LogP contribution in [0.3, 0.4) is 0 Å². The van der Waals surface area contributed by atoms with E-state index in [0.717, 1.165) is 38.3 Å². The molecule has 3 nitrogen and oxygen atoms in total. The Hall–Kier alpha value is -0.410. The Kier molecular flexibility index (Phi) is 6.03. The highest BCUT2D eigenvalue weighted by Gasteiger charge is 2.30. The highest BCUT2D eigenvalue weighted by atomic mass is 16.1. The highest BCUT2D eigenvalue weighted by Crippen LogP contribution is 2.29. The van der Waals surface area contributed by atoms with Crippen molar-refractivity contribution < 1.29 is 4.79 Å². The Morgan fingerprint density at radius 3 is 2.75 bits per heavy atom. The van der Waals surface area contributed by atoms with Gasteiger partial charge in [-0.25, -0.2) is 0 Å². The van der Waals surface area contributed by atoms with Crippen molar-refractivity contribution in [2.45, 2.75) is 58.4 Å². The van der Waals surface area contributed by atoms with Crippen molar-refractivity contribution in [2.75, 3.05) is 33.2 Å². The Balaban J connectivity index is 1.80. The summed E-state index contributed by atoms with van der Waals surface area (Å²) in [6.45, 7) is 9.06. The topological polar surface area (TPSA) is 23.6 Å². The van der Waals surface area contributed by atoms with Gasteiger partial charge in [0.25, 0.3) is 0 Å². The summed E-state index contributed by atoms with van der Waals surface area (Å²) >= 11 is 0. The van der Waals surface area contributed by atoms with Crippen LogP contribution in [0, 0.1) is 11.8 Å². The van der Waals surface area contributed by atoms with E-state index in [1.807, 2.05) is 0 Å². The van der Waals surface area contributed by atoms with E-state index in [4.69, 9.17) is 0 Å². The molecule has 3 heteroatoms. The lowest BCUT2D eigenvalue weighted by Crippen LogP contribution is -2.42. The number of Topliss-reactive ketones (excluding diaryl/α,β-unsaturated/α-hetero) is 1. The first kappa shape index (κ1) is 16.0. The molecule has 1 aliphatic heterocycles. The fourth-order valence-electron chi connectivity index (χ4n) is 4.08. The van der Waals surface area contributed by atoms with Crippen molar-refractivity contribution in [3.8, 4) is 0 Å². The predicted molar refractivity (Wildman–Crippen MR) is 83.9 cm³/mol. The second-order valence-electron chi connectivity index (χ2n) is 6.86. The van der Waals surface area contributed by atoms with Crippen molar-refractivity contribution in [1.82, 2.24) is 9.80 Å². The van der Waals surface area contributed by atoms with E-state index in [9.17, 15) is 4.79 Å². The minimum absolute atomic E-state index is 0.301. The van der Waals surface area contributed by atoms with Gasteiger partial charge in [-0.1, -0.05) is 20.3 Å². The van der Waals surface area contributed by atoms with Crippen LogP contribution in [0.5, 0.6) is 0 Å². The maximum atomic E-state index is 12.1. The van der Waals surface area contributed by atoms with Gasteiger partial charge in [0.05, 0.1) is 0 Å². The zero-order valence-corrected chi connectivity index (χ0v) is 13.6. The van der Waals surface area contributed by atoms with Gasteiger partial charge in [0.1, 0.15) is 5.78 Å². The van der Waals surface area contributed by atoms with Crippen molar-refractivity contribution in [3.05, 3.63) is 0 Å². The van der Waals surface area contributed by atoms with Crippen LogP contribution in [0.1, 0.15) is 52.4 Å². The number of likely N-dealkylation sites (N-methyl/N-ethyl adjacent to an activating group) is 2. The van der Waals surface area contributed by atoms with Crippen LogP contribution in [0.25, 0.3) is 0 Å². The third-order valence-corrected chi connectivity index (χ3v) is 5.41. The molecule has 1 heterocycles. The first-order chi connectivity index (χ1) is 9.63. The summed E-state index contributed by atoms with van der Waals surface area (Å²) in [5.41, 5.74) is 0. The molecule has 0 amide bonds. The van der Waals surface area contributed by atoms with Gasteiger partial charge in [-0.15, -0.1) is 0 Å². The van der Waals surface area contributed by atoms with Crippen LogP contribution in [-0.2, 0) is 4.79 Å². The third-order valence-electron chi connectivity index (χ3n) is 5.41. The number of rotatable bonds is 6. The van der Waals surface area contributed by atoms with Crippen LogP contribution in [0.15, 0.2) is 0 Å². The molecule has 0 aromatic rings. The van der Waals surface area contributed by atoms with Gasteiger partial charge >= 0.3 is 0 Å². The standard InChI is InChI=1S/C17H32N2O/c1-4-14-8-9-17(20)15(11-14)12-18(3)13-16-7-6-10-19(16)5-2/h14-16H,4-13H2,1-3H3. The molecule has 1 saturated heterocycles. The molecular formula is C17H32N2O. The number of likely N-dealkylation sites (tertiary alicyclic amines) is 1. The zero-order chi connectivity index (χ0) is 14.5. The molecular weight excluding hydrogens is 248 g/mol. The van der Waals surface area contributed by atoms with Crippen LogP contribution in [-0.4, -0.2) is 54.9 Å². The average Bonchev–Trinajstić information content (AvgIpc) is 2.88. The van der Waals surface area contributed by atoms with Crippen LogP contribution in [0.2, 0.25) is 0 Å². The SMILES string of the molecule is CCC1CCC(=O)C(CN(C)CC2CCCN2CC)C1. The normalized spacial score (nSPS) is 32.2. The lowest BCUT2D eigenvalue weighted by Gasteiger charge is -2.33.